The van der Waals surface area contributed by atoms with E-state index in [9.17, 15) is 14.9 Å². The van der Waals surface area contributed by atoms with Gasteiger partial charge in [0.05, 0.1) is 33.3 Å². The van der Waals surface area contributed by atoms with E-state index in [1.807, 2.05) is 107 Å². The van der Waals surface area contributed by atoms with Crippen LogP contribution < -0.4 is 20.7 Å². The predicted molar refractivity (Wildman–Crippen MR) is 209 cm³/mol. The molecule has 1 fully saturated rings. The Bertz CT molecular complexity index is 1940. The van der Waals surface area contributed by atoms with Gasteiger partial charge in [0, 0.05) is 37.4 Å². The summed E-state index contributed by atoms with van der Waals surface area (Å²) in [5.74, 6) is -0.266. The third-order valence-electron chi connectivity index (χ3n) is 9.59. The van der Waals surface area contributed by atoms with Gasteiger partial charge in [-0.2, -0.15) is 5.26 Å². The molecule has 0 radical (unpaired) electrons. The predicted octanol–water partition coefficient (Wildman–Crippen LogP) is 6.79. The lowest BCUT2D eigenvalue weighted by atomic mass is 9.80. The zero-order valence-corrected chi connectivity index (χ0v) is 33.6. The molecule has 1 N–H and O–H groups in total. The van der Waals surface area contributed by atoms with Crippen LogP contribution in [0.1, 0.15) is 69.0 Å². The molecule has 13 nitrogen and oxygen atoms in total. The number of nitrogens with one attached hydrogen (secondary N) is 1. The third kappa shape index (κ3) is 9.03. The third-order valence-corrected chi connectivity index (χ3v) is 11.7. The van der Waals surface area contributed by atoms with Crippen molar-refractivity contribution < 1.29 is 32.7 Å². The molecule has 294 valence electrons. The Kier molecular flexibility index (Phi) is 14.1. The molecule has 55 heavy (non-hydrogen) atoms. The zero-order valence-electron chi connectivity index (χ0n) is 32.7. The summed E-state index contributed by atoms with van der Waals surface area (Å²) in [7, 11) is 2.95. The molecular formula is C41H51N4O9P. The Hall–Kier alpha value is -4.38. The van der Waals surface area contributed by atoms with E-state index in [1.165, 1.54) is 17.9 Å². The summed E-state index contributed by atoms with van der Waals surface area (Å²) < 4.78 is 48.2. The molecule has 0 spiro atoms. The second kappa shape index (κ2) is 18.5. The first-order chi connectivity index (χ1) is 26.4. The summed E-state index contributed by atoms with van der Waals surface area (Å²) in [5.41, 5.74) is 0.385. The molecule has 1 aromatic heterocycles. The molecule has 1 saturated heterocycles. The average Bonchev–Trinajstić information content (AvgIpc) is 3.54. The number of rotatable bonds is 18. The van der Waals surface area contributed by atoms with Crippen molar-refractivity contribution in [2.24, 2.45) is 0 Å². The average molecular weight is 775 g/mol. The number of nitrogens with zero attached hydrogens (tertiary/aromatic N) is 3. The Morgan fingerprint density at radius 3 is 2.00 bits per heavy atom. The number of hydrogen-bond acceptors (Lipinski definition) is 11. The van der Waals surface area contributed by atoms with E-state index < -0.39 is 43.5 Å². The Balaban J connectivity index is 1.67. The highest BCUT2D eigenvalue weighted by atomic mass is 31.2. The largest absolute Gasteiger partial charge is 0.497 e. The number of hydrogen-bond donors (Lipinski definition) is 1. The van der Waals surface area contributed by atoms with Crippen molar-refractivity contribution in [3.63, 3.8) is 0 Å². The maximum absolute atomic E-state index is 13.3. The lowest BCUT2D eigenvalue weighted by Gasteiger charge is -2.42. The van der Waals surface area contributed by atoms with Crippen LogP contribution in [0.15, 0.2) is 94.6 Å². The van der Waals surface area contributed by atoms with Crippen LogP contribution in [0.2, 0.25) is 0 Å². The molecule has 0 amide bonds. The number of H-pyrrole nitrogens is 1. The number of aryl methyl sites for hydroxylation is 1. The zero-order chi connectivity index (χ0) is 39.8. The van der Waals surface area contributed by atoms with Gasteiger partial charge in [0.2, 0.25) is 5.79 Å². The smallest absolute Gasteiger partial charge is 0.330 e. The fraction of sp³-hybridized carbons (Fsp3) is 0.439. The molecule has 14 heteroatoms. The molecular weight excluding hydrogens is 723 g/mol. The molecule has 4 aromatic rings. The van der Waals surface area contributed by atoms with Gasteiger partial charge in [-0.15, -0.1) is 0 Å². The van der Waals surface area contributed by atoms with Crippen LogP contribution in [-0.2, 0) is 28.9 Å². The fourth-order valence-electron chi connectivity index (χ4n) is 6.86. The van der Waals surface area contributed by atoms with Gasteiger partial charge < -0.3 is 32.7 Å². The molecule has 5 rings (SSSR count). The van der Waals surface area contributed by atoms with E-state index in [1.54, 1.807) is 21.1 Å². The van der Waals surface area contributed by atoms with Gasteiger partial charge >= 0.3 is 5.69 Å². The highest BCUT2D eigenvalue weighted by molar-refractivity contribution is 7.44. The van der Waals surface area contributed by atoms with Crippen molar-refractivity contribution in [2.75, 3.05) is 34.5 Å². The Morgan fingerprint density at radius 1 is 0.927 bits per heavy atom. The first-order valence-electron chi connectivity index (χ1n) is 18.2. The second-order valence-electron chi connectivity index (χ2n) is 13.7. The van der Waals surface area contributed by atoms with Crippen molar-refractivity contribution >= 4 is 8.53 Å². The highest BCUT2D eigenvalue weighted by Gasteiger charge is 2.55. The molecule has 0 saturated carbocycles. The van der Waals surface area contributed by atoms with Crippen LogP contribution in [0.4, 0.5) is 0 Å². The van der Waals surface area contributed by atoms with E-state index in [0.717, 1.165) is 16.7 Å². The minimum Gasteiger partial charge on any atom is -0.497 e. The Labute approximate surface area is 323 Å². The lowest BCUT2D eigenvalue weighted by molar-refractivity contribution is -0.281. The van der Waals surface area contributed by atoms with Crippen LogP contribution in [0.25, 0.3) is 0 Å². The molecule has 2 heterocycles. The van der Waals surface area contributed by atoms with Crippen molar-refractivity contribution in [1.29, 1.82) is 5.26 Å². The van der Waals surface area contributed by atoms with E-state index in [4.69, 9.17) is 32.7 Å². The number of methoxy groups -OCH3 is 3. The quantitative estimate of drug-likeness (QED) is 0.0648. The number of aromatic nitrogens is 2. The van der Waals surface area contributed by atoms with Gasteiger partial charge in [-0.05, 0) is 75.6 Å². The van der Waals surface area contributed by atoms with Crippen molar-refractivity contribution in [3.8, 4) is 17.6 Å². The van der Waals surface area contributed by atoms with Gasteiger partial charge in [-0.25, -0.2) is 9.46 Å². The topological polar surface area (TPSA) is 146 Å². The number of ether oxygens (including phenoxy) is 5. The summed E-state index contributed by atoms with van der Waals surface area (Å²) in [6.07, 6.45) is -0.0122. The number of nitriles is 1. The number of benzene rings is 3. The molecule has 0 bridgehead atoms. The summed E-state index contributed by atoms with van der Waals surface area (Å²) in [5, 5.41) is 9.35. The number of aromatic amines is 1. The first kappa shape index (κ1) is 41.8. The SMILES string of the molecule is COc1ccc(C(OC[C@@]2(OC)O[C@@H](n3cc(C)c(=O)[nH]c3=O)C[C@@H]2OP(OCCC#N)N(C(C)C)C(C)C)(c2ccccc2)c2ccc(OC)cc2)cc1. The summed E-state index contributed by atoms with van der Waals surface area (Å²) >= 11 is 0. The fourth-order valence-corrected chi connectivity index (χ4v) is 8.63. The lowest BCUT2D eigenvalue weighted by Crippen LogP contribution is -2.50. The maximum atomic E-state index is 13.3. The van der Waals surface area contributed by atoms with Crippen LogP contribution in [0.5, 0.6) is 11.5 Å². The first-order valence-corrected chi connectivity index (χ1v) is 19.3. The van der Waals surface area contributed by atoms with Crippen molar-refractivity contribution in [2.45, 2.75) is 83.3 Å². The van der Waals surface area contributed by atoms with E-state index >= 15 is 0 Å². The molecule has 0 aliphatic carbocycles. The van der Waals surface area contributed by atoms with Crippen molar-refractivity contribution in [3.05, 3.63) is 128 Å². The van der Waals surface area contributed by atoms with E-state index in [0.29, 0.717) is 17.1 Å². The van der Waals surface area contributed by atoms with Crippen LogP contribution in [0.3, 0.4) is 0 Å². The summed E-state index contributed by atoms with van der Waals surface area (Å²) in [6, 6.07) is 27.3. The van der Waals surface area contributed by atoms with Crippen LogP contribution in [-0.4, -0.2) is 72.7 Å². The second-order valence-corrected chi connectivity index (χ2v) is 15.1. The van der Waals surface area contributed by atoms with Crippen LogP contribution in [0, 0.1) is 18.3 Å². The maximum Gasteiger partial charge on any atom is 0.330 e. The van der Waals surface area contributed by atoms with Crippen molar-refractivity contribution in [1.82, 2.24) is 14.2 Å². The minimum atomic E-state index is -1.78. The van der Waals surface area contributed by atoms with Gasteiger partial charge in [0.1, 0.15) is 36.0 Å². The monoisotopic (exact) mass is 774 g/mol. The highest BCUT2D eigenvalue weighted by Crippen LogP contribution is 2.53. The Morgan fingerprint density at radius 2 is 1.49 bits per heavy atom. The van der Waals surface area contributed by atoms with Crippen LogP contribution >= 0.6 is 8.53 Å². The standard InChI is InChI=1S/C41H51N4O9P/c1-28(2)45(29(3)4)55(52-24-12-23-42)54-36-25-37(44-26-30(5)38(46)43-39(44)47)53-40(36,50-8)27-51-41(31-13-10-9-11-14-31,32-15-19-34(48-6)20-16-32)33-17-21-35(49-7)22-18-33/h9-11,13-22,26,28-29,36-37H,12,24-25,27H2,1-8H3,(H,43,46,47)/t36-,37+,40+,55?/m0/s1. The van der Waals surface area contributed by atoms with Gasteiger partial charge in [-0.3, -0.25) is 14.3 Å². The summed E-state index contributed by atoms with van der Waals surface area (Å²) in [4.78, 5) is 28.1. The van der Waals surface area contributed by atoms with Gasteiger partial charge in [0.25, 0.3) is 14.1 Å². The molecule has 1 aliphatic heterocycles. The molecule has 3 aromatic carbocycles. The summed E-state index contributed by atoms with van der Waals surface area (Å²) in [6.45, 7) is 9.77. The normalized spacial score (nSPS) is 19.2. The molecule has 1 aliphatic rings. The van der Waals surface area contributed by atoms with E-state index in [2.05, 4.69) is 15.7 Å². The van der Waals surface area contributed by atoms with E-state index in [-0.39, 0.29) is 38.1 Å². The molecule has 1 unspecified atom stereocenters. The van der Waals surface area contributed by atoms with Gasteiger partial charge in [-0.1, -0.05) is 54.6 Å². The van der Waals surface area contributed by atoms with Gasteiger partial charge in [0.15, 0.2) is 0 Å². The molecule has 4 atom stereocenters. The minimum absolute atomic E-state index is 0.0138.